The minimum absolute atomic E-state index is 0.485. The van der Waals surface area contributed by atoms with Crippen LogP contribution < -0.4 is 4.90 Å². The summed E-state index contributed by atoms with van der Waals surface area (Å²) < 4.78 is 27.1. The zero-order chi connectivity index (χ0) is 14.4. The van der Waals surface area contributed by atoms with Crippen molar-refractivity contribution in [2.75, 3.05) is 18.5 Å². The predicted octanol–water partition coefficient (Wildman–Crippen LogP) is 3.25. The molecule has 0 radical (unpaired) electrons. The quantitative estimate of drug-likeness (QED) is 0.732. The van der Waals surface area contributed by atoms with Crippen molar-refractivity contribution in [2.45, 2.75) is 38.5 Å². The van der Waals surface area contributed by atoms with Gasteiger partial charge in [-0.1, -0.05) is 5.92 Å². The number of hydrogen-bond acceptors (Lipinski definition) is 2. The minimum Gasteiger partial charge on any atom is -0.374 e. The molecule has 0 aromatic carbocycles. The number of rotatable bonds is 1. The molecule has 1 saturated carbocycles. The first-order valence-electron chi connectivity index (χ1n) is 7.03. The standard InChI is InChI=1S/C16H18F2N2/c1-15(17,18)16(8-9-16)7-5-13-12-4-3-11-20(2)14(12)6-10-19-13/h6,10H,3-4,8-9,11H2,1-2H3. The maximum absolute atomic E-state index is 13.5. The van der Waals surface area contributed by atoms with E-state index in [9.17, 15) is 8.78 Å². The summed E-state index contributed by atoms with van der Waals surface area (Å²) >= 11 is 0. The molecule has 3 rings (SSSR count). The van der Waals surface area contributed by atoms with E-state index in [4.69, 9.17) is 0 Å². The Balaban J connectivity index is 1.96. The Labute approximate surface area is 118 Å². The molecule has 2 nitrogen and oxygen atoms in total. The third kappa shape index (κ3) is 2.15. The maximum Gasteiger partial charge on any atom is 0.261 e. The summed E-state index contributed by atoms with van der Waals surface area (Å²) in [5.41, 5.74) is 1.79. The third-order valence-electron chi connectivity index (χ3n) is 4.37. The van der Waals surface area contributed by atoms with Crippen molar-refractivity contribution in [3.63, 3.8) is 0 Å². The first-order chi connectivity index (χ1) is 9.43. The molecule has 1 aliphatic heterocycles. The van der Waals surface area contributed by atoms with Gasteiger partial charge in [-0.15, -0.1) is 0 Å². The molecule has 1 fully saturated rings. The van der Waals surface area contributed by atoms with Gasteiger partial charge in [-0.2, -0.15) is 0 Å². The molecule has 0 atom stereocenters. The largest absolute Gasteiger partial charge is 0.374 e. The molecule has 0 amide bonds. The molecule has 0 unspecified atom stereocenters. The molecule has 2 heterocycles. The smallest absolute Gasteiger partial charge is 0.261 e. The van der Waals surface area contributed by atoms with E-state index in [0.717, 1.165) is 37.6 Å². The van der Waals surface area contributed by atoms with Gasteiger partial charge in [-0.3, -0.25) is 0 Å². The van der Waals surface area contributed by atoms with Crippen LogP contribution in [0.4, 0.5) is 14.5 Å². The van der Waals surface area contributed by atoms with Gasteiger partial charge >= 0.3 is 0 Å². The molecule has 1 aromatic rings. The Kier molecular flexibility index (Phi) is 2.97. The van der Waals surface area contributed by atoms with Crippen LogP contribution in [-0.4, -0.2) is 24.5 Å². The number of anilines is 1. The van der Waals surface area contributed by atoms with E-state index in [0.29, 0.717) is 18.5 Å². The second-order valence-electron chi connectivity index (χ2n) is 5.90. The van der Waals surface area contributed by atoms with Crippen LogP contribution >= 0.6 is 0 Å². The van der Waals surface area contributed by atoms with Gasteiger partial charge in [-0.05, 0) is 37.7 Å². The molecule has 0 spiro atoms. The minimum atomic E-state index is -2.73. The van der Waals surface area contributed by atoms with Gasteiger partial charge in [0.1, 0.15) is 5.69 Å². The molecule has 4 heteroatoms. The lowest BCUT2D eigenvalue weighted by molar-refractivity contribution is -0.0294. The van der Waals surface area contributed by atoms with Crippen LogP contribution in [0.1, 0.15) is 37.4 Å². The fourth-order valence-electron chi connectivity index (χ4n) is 2.79. The van der Waals surface area contributed by atoms with Crippen LogP contribution in [0.3, 0.4) is 0 Å². The monoisotopic (exact) mass is 276 g/mol. The molecule has 1 aromatic heterocycles. The highest BCUT2D eigenvalue weighted by atomic mass is 19.3. The molecule has 0 saturated heterocycles. The van der Waals surface area contributed by atoms with Gasteiger partial charge in [-0.25, -0.2) is 13.8 Å². The van der Waals surface area contributed by atoms with Crippen molar-refractivity contribution in [1.82, 2.24) is 4.98 Å². The van der Waals surface area contributed by atoms with Crippen LogP contribution in [-0.2, 0) is 6.42 Å². The molecule has 2 aliphatic rings. The summed E-state index contributed by atoms with van der Waals surface area (Å²) in [5, 5.41) is 0. The first kappa shape index (κ1) is 13.4. The zero-order valence-corrected chi connectivity index (χ0v) is 11.8. The number of alkyl halides is 2. The van der Waals surface area contributed by atoms with Crippen LogP contribution in [0.15, 0.2) is 12.3 Å². The number of hydrogen-bond donors (Lipinski definition) is 0. The maximum atomic E-state index is 13.5. The Morgan fingerprint density at radius 3 is 2.80 bits per heavy atom. The van der Waals surface area contributed by atoms with E-state index in [1.807, 2.05) is 13.1 Å². The summed E-state index contributed by atoms with van der Waals surface area (Å²) in [6, 6.07) is 1.97. The lowest BCUT2D eigenvalue weighted by Gasteiger charge is -2.27. The normalized spacial score (nSPS) is 19.9. The zero-order valence-electron chi connectivity index (χ0n) is 11.8. The van der Waals surface area contributed by atoms with Gasteiger partial charge in [0.05, 0.1) is 5.41 Å². The second-order valence-corrected chi connectivity index (χ2v) is 5.90. The fourth-order valence-corrected chi connectivity index (χ4v) is 2.79. The van der Waals surface area contributed by atoms with Gasteiger partial charge < -0.3 is 4.90 Å². The van der Waals surface area contributed by atoms with Gasteiger partial charge in [0.15, 0.2) is 0 Å². The van der Waals surface area contributed by atoms with Crippen LogP contribution in [0, 0.1) is 17.3 Å². The van der Waals surface area contributed by atoms with Crippen molar-refractivity contribution in [3.05, 3.63) is 23.5 Å². The summed E-state index contributed by atoms with van der Waals surface area (Å²) in [6.07, 6.45) is 4.66. The number of pyridine rings is 1. The fraction of sp³-hybridized carbons (Fsp3) is 0.562. The summed E-state index contributed by atoms with van der Waals surface area (Å²) in [6.45, 7) is 1.98. The number of fused-ring (bicyclic) bond motifs is 1. The molecule has 106 valence electrons. The highest BCUT2D eigenvalue weighted by Gasteiger charge is 2.58. The van der Waals surface area contributed by atoms with E-state index >= 15 is 0 Å². The Hall–Kier alpha value is -1.63. The van der Waals surface area contributed by atoms with E-state index in [1.165, 1.54) is 0 Å². The lowest BCUT2D eigenvalue weighted by atomic mass is 9.98. The van der Waals surface area contributed by atoms with Gasteiger partial charge in [0.2, 0.25) is 0 Å². The summed E-state index contributed by atoms with van der Waals surface area (Å²) in [7, 11) is 2.04. The number of halogens is 2. The summed E-state index contributed by atoms with van der Waals surface area (Å²) in [5.74, 6) is 3.01. The average Bonchev–Trinajstić information content (AvgIpc) is 3.17. The van der Waals surface area contributed by atoms with Gasteiger partial charge in [0.25, 0.3) is 5.92 Å². The van der Waals surface area contributed by atoms with Crippen LogP contribution in [0.2, 0.25) is 0 Å². The van der Waals surface area contributed by atoms with Crippen molar-refractivity contribution in [1.29, 1.82) is 0 Å². The third-order valence-corrected chi connectivity index (χ3v) is 4.37. The first-order valence-corrected chi connectivity index (χ1v) is 7.03. The van der Waals surface area contributed by atoms with Crippen molar-refractivity contribution in [2.24, 2.45) is 5.41 Å². The molecular weight excluding hydrogens is 258 g/mol. The van der Waals surface area contributed by atoms with Gasteiger partial charge in [0, 0.05) is 38.0 Å². The highest BCUT2D eigenvalue weighted by Crippen LogP contribution is 2.56. The van der Waals surface area contributed by atoms with Crippen LogP contribution in [0.5, 0.6) is 0 Å². The van der Waals surface area contributed by atoms with Crippen molar-refractivity contribution < 1.29 is 8.78 Å². The molecule has 0 N–H and O–H groups in total. The van der Waals surface area contributed by atoms with E-state index in [1.54, 1.807) is 6.20 Å². The topological polar surface area (TPSA) is 16.1 Å². The molecule has 20 heavy (non-hydrogen) atoms. The van der Waals surface area contributed by atoms with E-state index < -0.39 is 11.3 Å². The molecule has 0 bridgehead atoms. The van der Waals surface area contributed by atoms with Crippen LogP contribution in [0.25, 0.3) is 0 Å². The molecular formula is C16H18F2N2. The average molecular weight is 276 g/mol. The highest BCUT2D eigenvalue weighted by molar-refractivity contribution is 5.59. The Morgan fingerprint density at radius 2 is 2.15 bits per heavy atom. The predicted molar refractivity (Wildman–Crippen MR) is 75.0 cm³/mol. The number of nitrogens with zero attached hydrogens (tertiary/aromatic N) is 2. The van der Waals surface area contributed by atoms with Crippen molar-refractivity contribution in [3.8, 4) is 11.8 Å². The lowest BCUT2D eigenvalue weighted by Crippen LogP contribution is -2.26. The van der Waals surface area contributed by atoms with E-state index in [-0.39, 0.29) is 0 Å². The summed E-state index contributed by atoms with van der Waals surface area (Å²) in [4.78, 5) is 6.47. The van der Waals surface area contributed by atoms with E-state index in [2.05, 4.69) is 21.7 Å². The SMILES string of the molecule is CN1CCCc2c1ccnc2C#CC1(C(C)(F)F)CC1. The second kappa shape index (κ2) is 4.44. The van der Waals surface area contributed by atoms with Crippen molar-refractivity contribution >= 4 is 5.69 Å². The Bertz CT molecular complexity index is 589. The Morgan fingerprint density at radius 1 is 1.40 bits per heavy atom. The number of aromatic nitrogens is 1. The molecule has 1 aliphatic carbocycles.